The van der Waals surface area contributed by atoms with E-state index < -0.39 is 0 Å². The second kappa shape index (κ2) is 8.90. The second-order valence-electron chi connectivity index (χ2n) is 6.09. The maximum Gasteiger partial charge on any atom is 0.220 e. The van der Waals surface area contributed by atoms with Crippen molar-refractivity contribution in [2.45, 2.75) is 19.4 Å². The van der Waals surface area contributed by atoms with Crippen molar-refractivity contribution >= 4 is 16.7 Å². The smallest absolute Gasteiger partial charge is 0.220 e. The maximum atomic E-state index is 12.0. The van der Waals surface area contributed by atoms with Gasteiger partial charge in [-0.2, -0.15) is 0 Å². The Morgan fingerprint density at radius 1 is 0.923 bits per heavy atom. The number of hydrogen-bond acceptors (Lipinski definition) is 3. The molecule has 0 atom stereocenters. The molecule has 0 aromatic heterocycles. The van der Waals surface area contributed by atoms with Gasteiger partial charge in [-0.3, -0.25) is 4.79 Å². The van der Waals surface area contributed by atoms with Crippen LogP contribution in [0.25, 0.3) is 10.8 Å². The number of hydrogen-bond donors (Lipinski definition) is 1. The molecule has 0 bridgehead atoms. The Kier molecular flexibility index (Phi) is 6.09. The average Bonchev–Trinajstić information content (AvgIpc) is 2.70. The lowest BCUT2D eigenvalue weighted by molar-refractivity contribution is -0.121. The van der Waals surface area contributed by atoms with Crippen molar-refractivity contribution < 1.29 is 14.3 Å². The number of amides is 1. The first kappa shape index (κ1) is 17.8. The van der Waals surface area contributed by atoms with E-state index in [1.54, 1.807) is 7.11 Å². The first-order valence-electron chi connectivity index (χ1n) is 8.76. The summed E-state index contributed by atoms with van der Waals surface area (Å²) in [6.07, 6.45) is 1.12. The number of ether oxygens (including phenoxy) is 2. The fourth-order valence-electron chi connectivity index (χ4n) is 2.73. The van der Waals surface area contributed by atoms with Crippen molar-refractivity contribution in [2.24, 2.45) is 0 Å². The van der Waals surface area contributed by atoms with Gasteiger partial charge in [0, 0.05) is 13.0 Å². The Labute approximate surface area is 153 Å². The monoisotopic (exact) mass is 349 g/mol. The number of fused-ring (bicyclic) bond motifs is 1. The minimum absolute atomic E-state index is 0.0384. The third-order valence-electron chi connectivity index (χ3n) is 4.18. The Morgan fingerprint density at radius 3 is 2.42 bits per heavy atom. The van der Waals surface area contributed by atoms with Gasteiger partial charge in [0.25, 0.3) is 0 Å². The molecule has 26 heavy (non-hydrogen) atoms. The number of rotatable bonds is 8. The lowest BCUT2D eigenvalue weighted by atomic mass is 10.1. The lowest BCUT2D eigenvalue weighted by Gasteiger charge is -2.08. The van der Waals surface area contributed by atoms with Crippen LogP contribution in [0.15, 0.2) is 66.7 Å². The Hall–Kier alpha value is -3.01. The molecule has 3 rings (SSSR count). The molecule has 0 unspecified atom stereocenters. The van der Waals surface area contributed by atoms with Gasteiger partial charge in [-0.15, -0.1) is 0 Å². The highest BCUT2D eigenvalue weighted by atomic mass is 16.5. The molecule has 1 amide bonds. The van der Waals surface area contributed by atoms with Gasteiger partial charge in [0.15, 0.2) is 0 Å². The minimum atomic E-state index is 0.0384. The molecule has 1 N–H and O–H groups in total. The van der Waals surface area contributed by atoms with E-state index in [1.165, 1.54) is 10.8 Å². The van der Waals surface area contributed by atoms with Gasteiger partial charge in [-0.25, -0.2) is 0 Å². The first-order valence-corrected chi connectivity index (χ1v) is 8.76. The predicted octanol–water partition coefficient (Wildman–Crippen LogP) is 4.32. The maximum absolute atomic E-state index is 12.0. The standard InChI is InChI=1S/C22H23NO3/c1-25-20-10-12-21(13-11-20)26-14-4-7-22(24)23-16-17-8-9-18-5-2-3-6-19(18)15-17/h2-3,5-6,8-13,15H,4,7,14,16H2,1H3,(H,23,24). The highest BCUT2D eigenvalue weighted by Crippen LogP contribution is 2.17. The summed E-state index contributed by atoms with van der Waals surface area (Å²) < 4.78 is 10.7. The molecule has 0 aliphatic carbocycles. The summed E-state index contributed by atoms with van der Waals surface area (Å²) in [6, 6.07) is 21.9. The highest BCUT2D eigenvalue weighted by Gasteiger charge is 2.03. The van der Waals surface area contributed by atoms with Gasteiger partial charge >= 0.3 is 0 Å². The van der Waals surface area contributed by atoms with E-state index in [4.69, 9.17) is 9.47 Å². The van der Waals surface area contributed by atoms with Crippen LogP contribution in [0.4, 0.5) is 0 Å². The number of carbonyl (C=O) groups excluding carboxylic acids is 1. The summed E-state index contributed by atoms with van der Waals surface area (Å²) >= 11 is 0. The van der Waals surface area contributed by atoms with E-state index in [0.717, 1.165) is 17.1 Å². The van der Waals surface area contributed by atoms with Crippen LogP contribution in [-0.4, -0.2) is 19.6 Å². The fraction of sp³-hybridized carbons (Fsp3) is 0.227. The van der Waals surface area contributed by atoms with Crippen molar-refractivity contribution in [1.29, 1.82) is 0 Å². The number of methoxy groups -OCH3 is 1. The van der Waals surface area contributed by atoms with Crippen LogP contribution in [-0.2, 0) is 11.3 Å². The van der Waals surface area contributed by atoms with Crippen molar-refractivity contribution in [1.82, 2.24) is 5.32 Å². The topological polar surface area (TPSA) is 47.6 Å². The third kappa shape index (κ3) is 4.99. The molecule has 0 aliphatic rings. The Morgan fingerprint density at radius 2 is 1.65 bits per heavy atom. The van der Waals surface area contributed by atoms with Crippen LogP contribution in [0.5, 0.6) is 11.5 Å². The van der Waals surface area contributed by atoms with Gasteiger partial charge in [0.1, 0.15) is 11.5 Å². The number of carbonyl (C=O) groups is 1. The van der Waals surface area contributed by atoms with E-state index in [1.807, 2.05) is 36.4 Å². The molecule has 0 aliphatic heterocycles. The first-order chi connectivity index (χ1) is 12.7. The van der Waals surface area contributed by atoms with Crippen molar-refractivity contribution in [3.05, 3.63) is 72.3 Å². The summed E-state index contributed by atoms with van der Waals surface area (Å²) in [7, 11) is 1.63. The van der Waals surface area contributed by atoms with E-state index in [2.05, 4.69) is 35.6 Å². The summed E-state index contributed by atoms with van der Waals surface area (Å²) in [4.78, 5) is 12.0. The minimum Gasteiger partial charge on any atom is -0.497 e. The van der Waals surface area contributed by atoms with Crippen LogP contribution in [0.2, 0.25) is 0 Å². The molecule has 0 fully saturated rings. The zero-order valence-corrected chi connectivity index (χ0v) is 14.9. The molecule has 134 valence electrons. The van der Waals surface area contributed by atoms with Gasteiger partial charge in [-0.1, -0.05) is 36.4 Å². The molecule has 0 saturated carbocycles. The molecule has 0 radical (unpaired) electrons. The molecule has 0 heterocycles. The summed E-state index contributed by atoms with van der Waals surface area (Å²) in [5.74, 6) is 1.62. The number of nitrogens with one attached hydrogen (secondary N) is 1. The zero-order valence-electron chi connectivity index (χ0n) is 14.9. The average molecular weight is 349 g/mol. The molecule has 0 saturated heterocycles. The Balaban J connectivity index is 1.38. The zero-order chi connectivity index (χ0) is 18.2. The largest absolute Gasteiger partial charge is 0.497 e. The normalized spacial score (nSPS) is 10.5. The molecular formula is C22H23NO3. The van der Waals surface area contributed by atoms with E-state index in [-0.39, 0.29) is 5.91 Å². The molecule has 4 nitrogen and oxygen atoms in total. The molecular weight excluding hydrogens is 326 g/mol. The van der Waals surface area contributed by atoms with Crippen LogP contribution in [0, 0.1) is 0 Å². The van der Waals surface area contributed by atoms with E-state index >= 15 is 0 Å². The lowest BCUT2D eigenvalue weighted by Crippen LogP contribution is -2.22. The van der Waals surface area contributed by atoms with E-state index in [9.17, 15) is 4.79 Å². The SMILES string of the molecule is COc1ccc(OCCCC(=O)NCc2ccc3ccccc3c2)cc1. The molecule has 3 aromatic rings. The van der Waals surface area contributed by atoms with Crippen molar-refractivity contribution in [2.75, 3.05) is 13.7 Å². The third-order valence-corrected chi connectivity index (χ3v) is 4.18. The van der Waals surface area contributed by atoms with Crippen LogP contribution < -0.4 is 14.8 Å². The molecule has 4 heteroatoms. The van der Waals surface area contributed by atoms with Gasteiger partial charge in [0.05, 0.1) is 13.7 Å². The van der Waals surface area contributed by atoms with Gasteiger partial charge in [0.2, 0.25) is 5.91 Å². The summed E-state index contributed by atoms with van der Waals surface area (Å²) in [5, 5.41) is 5.36. The molecule has 3 aromatic carbocycles. The van der Waals surface area contributed by atoms with Crippen molar-refractivity contribution in [3.8, 4) is 11.5 Å². The highest BCUT2D eigenvalue weighted by molar-refractivity contribution is 5.83. The summed E-state index contributed by atoms with van der Waals surface area (Å²) in [5.41, 5.74) is 1.10. The van der Waals surface area contributed by atoms with Crippen LogP contribution in [0.3, 0.4) is 0 Å². The number of benzene rings is 3. The van der Waals surface area contributed by atoms with E-state index in [0.29, 0.717) is 26.0 Å². The van der Waals surface area contributed by atoms with Gasteiger partial charge in [-0.05, 0) is 53.1 Å². The van der Waals surface area contributed by atoms with Crippen LogP contribution in [0.1, 0.15) is 18.4 Å². The van der Waals surface area contributed by atoms with Crippen LogP contribution >= 0.6 is 0 Å². The fourth-order valence-corrected chi connectivity index (χ4v) is 2.73. The second-order valence-corrected chi connectivity index (χ2v) is 6.09. The quantitative estimate of drug-likeness (QED) is 0.616. The predicted molar refractivity (Wildman–Crippen MR) is 104 cm³/mol. The summed E-state index contributed by atoms with van der Waals surface area (Å²) in [6.45, 7) is 1.05. The van der Waals surface area contributed by atoms with Crippen molar-refractivity contribution in [3.63, 3.8) is 0 Å². The molecule has 0 spiro atoms. The van der Waals surface area contributed by atoms with Gasteiger partial charge < -0.3 is 14.8 Å². The Bertz CT molecular complexity index is 859.